The number of benzene rings is 1. The number of primary amides is 1. The van der Waals surface area contributed by atoms with E-state index in [-0.39, 0.29) is 16.8 Å². The third kappa shape index (κ3) is 2.81. The van der Waals surface area contributed by atoms with Crippen LogP contribution in [-0.2, 0) is 11.3 Å². The summed E-state index contributed by atoms with van der Waals surface area (Å²) in [6, 6.07) is 8.33. The van der Waals surface area contributed by atoms with Crippen LogP contribution in [0.4, 0.5) is 0 Å². The van der Waals surface area contributed by atoms with Gasteiger partial charge < -0.3 is 15.9 Å². The minimum Gasteiger partial charge on any atom is -0.497 e. The van der Waals surface area contributed by atoms with Crippen molar-refractivity contribution >= 4 is 17.5 Å². The molecule has 6 heteroatoms. The first-order chi connectivity index (χ1) is 10.0. The predicted octanol–water partition coefficient (Wildman–Crippen LogP) is 1.46. The van der Waals surface area contributed by atoms with E-state index in [1.54, 1.807) is 7.11 Å². The summed E-state index contributed by atoms with van der Waals surface area (Å²) in [6.07, 6.45) is 3.43. The highest BCUT2D eigenvalue weighted by atomic mass is 35.5. The Kier molecular flexibility index (Phi) is 5.00. The van der Waals surface area contributed by atoms with Crippen molar-refractivity contribution in [3.05, 3.63) is 29.8 Å². The Balaban J connectivity index is 0.00000176. The summed E-state index contributed by atoms with van der Waals surface area (Å²) in [5.41, 5.74) is 6.34. The summed E-state index contributed by atoms with van der Waals surface area (Å²) in [5.74, 6) is 0.606. The molecule has 2 fully saturated rings. The number of nitrogens with zero attached hydrogens (tertiary/aromatic N) is 1. The molecule has 2 heterocycles. The van der Waals surface area contributed by atoms with Crippen LogP contribution in [0, 0.1) is 0 Å². The monoisotopic (exact) mass is 326 g/mol. The van der Waals surface area contributed by atoms with Gasteiger partial charge in [0, 0.05) is 18.0 Å². The van der Waals surface area contributed by atoms with Crippen LogP contribution in [0.2, 0.25) is 0 Å². The summed E-state index contributed by atoms with van der Waals surface area (Å²) in [5, 5.41) is 0.0529. The quantitative estimate of drug-likeness (QED) is 0.850. The van der Waals surface area contributed by atoms with Crippen molar-refractivity contribution in [2.75, 3.05) is 7.11 Å². The van der Waals surface area contributed by atoms with Gasteiger partial charge in [0.25, 0.3) is 0 Å². The number of carbonyl (C=O) groups is 1. The SMILES string of the molecule is COc1ccc(CN2C3CCC2(C(N)=O)CC(Cl)C3)cc1.O. The molecule has 2 bridgehead atoms. The van der Waals surface area contributed by atoms with Gasteiger partial charge in [0.2, 0.25) is 5.91 Å². The number of fused-ring (bicyclic) bond motifs is 2. The van der Waals surface area contributed by atoms with Gasteiger partial charge in [-0.05, 0) is 43.4 Å². The minimum atomic E-state index is -0.560. The summed E-state index contributed by atoms with van der Waals surface area (Å²) in [6.45, 7) is 0.737. The first-order valence-corrected chi connectivity index (χ1v) is 7.82. The van der Waals surface area contributed by atoms with Crippen LogP contribution >= 0.6 is 11.6 Å². The average molecular weight is 327 g/mol. The highest BCUT2D eigenvalue weighted by Gasteiger charge is 2.54. The maximum atomic E-state index is 12.1. The van der Waals surface area contributed by atoms with Crippen molar-refractivity contribution in [3.8, 4) is 5.75 Å². The second-order valence-corrected chi connectivity index (χ2v) is 6.72. The van der Waals surface area contributed by atoms with Crippen LogP contribution in [-0.4, -0.2) is 40.4 Å². The van der Waals surface area contributed by atoms with Gasteiger partial charge in [0.05, 0.1) is 7.11 Å². The van der Waals surface area contributed by atoms with Crippen molar-refractivity contribution in [2.24, 2.45) is 5.73 Å². The van der Waals surface area contributed by atoms with Crippen LogP contribution in [0.15, 0.2) is 24.3 Å². The second-order valence-electron chi connectivity index (χ2n) is 6.10. The summed E-state index contributed by atoms with van der Waals surface area (Å²) in [7, 11) is 1.66. The summed E-state index contributed by atoms with van der Waals surface area (Å²) < 4.78 is 5.18. The number of halogens is 1. The van der Waals surface area contributed by atoms with E-state index in [0.717, 1.165) is 31.6 Å². The number of nitrogens with two attached hydrogens (primary N) is 1. The number of methoxy groups -OCH3 is 1. The number of hydrogen-bond acceptors (Lipinski definition) is 3. The first kappa shape index (κ1) is 17.1. The lowest BCUT2D eigenvalue weighted by Crippen LogP contribution is -2.59. The van der Waals surface area contributed by atoms with E-state index in [1.165, 1.54) is 5.56 Å². The van der Waals surface area contributed by atoms with Gasteiger partial charge in [-0.1, -0.05) is 12.1 Å². The molecule has 0 aromatic heterocycles. The normalized spacial score (nSPS) is 30.6. The molecule has 2 aliphatic heterocycles. The van der Waals surface area contributed by atoms with Gasteiger partial charge in [-0.15, -0.1) is 11.6 Å². The fraction of sp³-hybridized carbons (Fsp3) is 0.562. The smallest absolute Gasteiger partial charge is 0.238 e. The van der Waals surface area contributed by atoms with E-state index >= 15 is 0 Å². The molecular weight excluding hydrogens is 304 g/mol. The number of amides is 1. The Morgan fingerprint density at radius 1 is 1.45 bits per heavy atom. The first-order valence-electron chi connectivity index (χ1n) is 7.39. The van der Waals surface area contributed by atoms with Gasteiger partial charge in [0.1, 0.15) is 11.3 Å². The number of rotatable bonds is 4. The number of alkyl halides is 1. The van der Waals surface area contributed by atoms with Crippen molar-refractivity contribution in [2.45, 2.75) is 49.2 Å². The number of ether oxygens (including phenoxy) is 1. The van der Waals surface area contributed by atoms with E-state index in [9.17, 15) is 4.79 Å². The molecule has 1 aromatic carbocycles. The lowest BCUT2D eigenvalue weighted by molar-refractivity contribution is -0.132. The number of hydrogen-bond donors (Lipinski definition) is 1. The third-order valence-corrected chi connectivity index (χ3v) is 5.27. The fourth-order valence-electron chi connectivity index (χ4n) is 3.84. The Bertz CT molecular complexity index is 537. The van der Waals surface area contributed by atoms with Gasteiger partial charge in [-0.2, -0.15) is 0 Å². The predicted molar refractivity (Wildman–Crippen MR) is 86.0 cm³/mol. The maximum absolute atomic E-state index is 12.1. The Labute approximate surface area is 135 Å². The van der Waals surface area contributed by atoms with E-state index in [2.05, 4.69) is 4.90 Å². The minimum absolute atomic E-state index is 0. The molecule has 4 N–H and O–H groups in total. The molecule has 2 saturated heterocycles. The molecule has 5 nitrogen and oxygen atoms in total. The molecule has 1 amide bonds. The molecule has 2 aliphatic rings. The molecule has 1 aromatic rings. The molecule has 0 radical (unpaired) electrons. The molecule has 0 aliphatic carbocycles. The summed E-state index contributed by atoms with van der Waals surface area (Å²) in [4.78, 5) is 14.4. The molecular formula is C16H23ClN2O3. The fourth-order valence-corrected chi connectivity index (χ4v) is 4.30. The largest absolute Gasteiger partial charge is 0.497 e. The average Bonchev–Trinajstić information content (AvgIpc) is 2.69. The van der Waals surface area contributed by atoms with Gasteiger partial charge in [0.15, 0.2) is 0 Å². The van der Waals surface area contributed by atoms with Gasteiger partial charge >= 0.3 is 0 Å². The van der Waals surface area contributed by atoms with Gasteiger partial charge in [-0.3, -0.25) is 9.69 Å². The van der Waals surface area contributed by atoms with Crippen LogP contribution in [0.3, 0.4) is 0 Å². The Morgan fingerprint density at radius 3 is 2.73 bits per heavy atom. The zero-order chi connectivity index (χ0) is 15.0. The molecule has 3 atom stereocenters. The lowest BCUT2D eigenvalue weighted by Gasteiger charge is -2.44. The molecule has 22 heavy (non-hydrogen) atoms. The molecule has 0 spiro atoms. The van der Waals surface area contributed by atoms with E-state index in [4.69, 9.17) is 22.1 Å². The molecule has 3 unspecified atom stereocenters. The lowest BCUT2D eigenvalue weighted by atomic mass is 9.86. The van der Waals surface area contributed by atoms with Crippen LogP contribution < -0.4 is 10.5 Å². The standard InChI is InChI=1S/C16H21ClN2O2.H2O/c1-21-14-4-2-11(3-5-14)10-19-13-6-7-16(19,15(18)20)9-12(17)8-13;/h2-5,12-13H,6-10H2,1H3,(H2,18,20);1H2. The Morgan fingerprint density at radius 2 is 2.14 bits per heavy atom. The number of carbonyl (C=O) groups excluding carboxylic acids is 1. The van der Waals surface area contributed by atoms with Crippen molar-refractivity contribution in [1.82, 2.24) is 4.90 Å². The van der Waals surface area contributed by atoms with Crippen LogP contribution in [0.25, 0.3) is 0 Å². The zero-order valence-corrected chi connectivity index (χ0v) is 13.5. The van der Waals surface area contributed by atoms with E-state index in [0.29, 0.717) is 12.5 Å². The second kappa shape index (κ2) is 6.44. The molecule has 3 rings (SSSR count). The zero-order valence-electron chi connectivity index (χ0n) is 12.7. The van der Waals surface area contributed by atoms with E-state index < -0.39 is 5.54 Å². The third-order valence-electron chi connectivity index (χ3n) is 4.94. The van der Waals surface area contributed by atoms with Gasteiger partial charge in [-0.25, -0.2) is 0 Å². The highest BCUT2D eigenvalue weighted by Crippen LogP contribution is 2.46. The molecule has 0 saturated carbocycles. The van der Waals surface area contributed by atoms with E-state index in [1.807, 2.05) is 24.3 Å². The van der Waals surface area contributed by atoms with Crippen molar-refractivity contribution in [3.63, 3.8) is 0 Å². The van der Waals surface area contributed by atoms with Crippen molar-refractivity contribution < 1.29 is 15.0 Å². The van der Waals surface area contributed by atoms with Crippen molar-refractivity contribution in [1.29, 1.82) is 0 Å². The molecule has 122 valence electrons. The summed E-state index contributed by atoms with van der Waals surface area (Å²) >= 11 is 6.34. The highest BCUT2D eigenvalue weighted by molar-refractivity contribution is 6.21. The van der Waals surface area contributed by atoms with Crippen LogP contribution in [0.5, 0.6) is 5.75 Å². The number of piperidine rings is 1. The topological polar surface area (TPSA) is 87.1 Å². The maximum Gasteiger partial charge on any atom is 0.238 e. The Hall–Kier alpha value is -1.30. The van der Waals surface area contributed by atoms with Crippen LogP contribution in [0.1, 0.15) is 31.2 Å².